The fourth-order valence-electron chi connectivity index (χ4n) is 2.82. The summed E-state index contributed by atoms with van der Waals surface area (Å²) in [6.07, 6.45) is 7.38. The molecule has 3 rings (SSSR count). The highest BCUT2D eigenvalue weighted by atomic mass is 16.1. The molecule has 0 radical (unpaired) electrons. The van der Waals surface area contributed by atoms with Crippen LogP contribution in [0.15, 0.2) is 36.5 Å². The van der Waals surface area contributed by atoms with Crippen LogP contribution in [0.25, 0.3) is 0 Å². The van der Waals surface area contributed by atoms with Crippen LogP contribution in [0.5, 0.6) is 0 Å². The Kier molecular flexibility index (Phi) is 4.86. The molecule has 23 heavy (non-hydrogen) atoms. The summed E-state index contributed by atoms with van der Waals surface area (Å²) in [6.45, 7) is 2.04. The zero-order valence-electron chi connectivity index (χ0n) is 13.4. The molecule has 1 aromatic carbocycles. The predicted molar refractivity (Wildman–Crippen MR) is 90.8 cm³/mol. The number of carbonyl (C=O) groups is 1. The molecule has 0 bridgehead atoms. The molecule has 1 aromatic heterocycles. The van der Waals surface area contributed by atoms with E-state index in [4.69, 9.17) is 0 Å². The van der Waals surface area contributed by atoms with Crippen LogP contribution in [0.4, 0.5) is 11.6 Å². The topological polar surface area (TPSA) is 66.9 Å². The molecule has 0 unspecified atom stereocenters. The number of carbonyl (C=O) groups excluding carboxylic acids is 1. The van der Waals surface area contributed by atoms with Crippen molar-refractivity contribution < 1.29 is 4.79 Å². The highest BCUT2D eigenvalue weighted by Crippen LogP contribution is 2.18. The van der Waals surface area contributed by atoms with Gasteiger partial charge in [-0.15, -0.1) is 0 Å². The number of aryl methyl sites for hydroxylation is 1. The van der Waals surface area contributed by atoms with Gasteiger partial charge in [0, 0.05) is 17.9 Å². The second-order valence-electron chi connectivity index (χ2n) is 6.06. The summed E-state index contributed by atoms with van der Waals surface area (Å²) >= 11 is 0. The van der Waals surface area contributed by atoms with Crippen LogP contribution in [0.2, 0.25) is 0 Å². The first kappa shape index (κ1) is 15.5. The number of amides is 1. The van der Waals surface area contributed by atoms with E-state index in [-0.39, 0.29) is 11.9 Å². The van der Waals surface area contributed by atoms with Crippen molar-refractivity contribution in [1.82, 2.24) is 15.3 Å². The molecule has 1 fully saturated rings. The molecule has 2 aromatic rings. The smallest absolute Gasteiger partial charge is 0.270 e. The number of hydrogen-bond donors (Lipinski definition) is 2. The van der Waals surface area contributed by atoms with E-state index in [0.717, 1.165) is 18.5 Å². The monoisotopic (exact) mass is 310 g/mol. The van der Waals surface area contributed by atoms with Crippen molar-refractivity contribution >= 4 is 17.5 Å². The van der Waals surface area contributed by atoms with E-state index in [1.54, 1.807) is 12.3 Å². The molecule has 1 heterocycles. The van der Waals surface area contributed by atoms with Crippen LogP contribution in [0, 0.1) is 6.92 Å². The van der Waals surface area contributed by atoms with Gasteiger partial charge in [-0.25, -0.2) is 9.97 Å². The van der Waals surface area contributed by atoms with Gasteiger partial charge in [-0.2, -0.15) is 0 Å². The van der Waals surface area contributed by atoms with Gasteiger partial charge < -0.3 is 10.6 Å². The van der Waals surface area contributed by atoms with Gasteiger partial charge in [0.25, 0.3) is 5.91 Å². The van der Waals surface area contributed by atoms with E-state index in [9.17, 15) is 4.79 Å². The van der Waals surface area contributed by atoms with Gasteiger partial charge >= 0.3 is 0 Å². The van der Waals surface area contributed by atoms with Gasteiger partial charge in [0.15, 0.2) is 0 Å². The lowest BCUT2D eigenvalue weighted by molar-refractivity contribution is 0.0922. The third kappa shape index (κ3) is 4.28. The van der Waals surface area contributed by atoms with E-state index in [1.807, 2.05) is 31.2 Å². The van der Waals surface area contributed by atoms with Crippen molar-refractivity contribution in [2.45, 2.75) is 45.1 Å². The Morgan fingerprint density at radius 2 is 1.83 bits per heavy atom. The van der Waals surface area contributed by atoms with Crippen molar-refractivity contribution in [2.75, 3.05) is 5.32 Å². The number of nitrogens with one attached hydrogen (secondary N) is 2. The average Bonchev–Trinajstić information content (AvgIpc) is 2.58. The molecule has 0 atom stereocenters. The van der Waals surface area contributed by atoms with Crippen LogP contribution >= 0.6 is 0 Å². The quantitative estimate of drug-likeness (QED) is 0.905. The molecule has 2 N–H and O–H groups in total. The van der Waals surface area contributed by atoms with Crippen molar-refractivity contribution in [1.29, 1.82) is 0 Å². The number of aromatic nitrogens is 2. The van der Waals surface area contributed by atoms with Gasteiger partial charge in [-0.3, -0.25) is 4.79 Å². The Bertz CT molecular complexity index is 663. The van der Waals surface area contributed by atoms with Crippen molar-refractivity contribution in [3.8, 4) is 0 Å². The summed E-state index contributed by atoms with van der Waals surface area (Å²) in [5.41, 5.74) is 2.50. The van der Waals surface area contributed by atoms with Gasteiger partial charge in [-0.1, -0.05) is 37.0 Å². The minimum absolute atomic E-state index is 0.119. The zero-order chi connectivity index (χ0) is 16.1. The largest absolute Gasteiger partial charge is 0.348 e. The molecule has 1 saturated carbocycles. The number of nitrogens with zero attached hydrogens (tertiary/aromatic N) is 2. The predicted octanol–water partition coefficient (Wildman–Crippen LogP) is 3.59. The van der Waals surface area contributed by atoms with E-state index < -0.39 is 0 Å². The highest BCUT2D eigenvalue weighted by Gasteiger charge is 2.17. The summed E-state index contributed by atoms with van der Waals surface area (Å²) in [5, 5.41) is 6.20. The molecule has 5 nitrogen and oxygen atoms in total. The summed E-state index contributed by atoms with van der Waals surface area (Å²) in [7, 11) is 0. The number of anilines is 2. The van der Waals surface area contributed by atoms with Crippen molar-refractivity contribution in [3.63, 3.8) is 0 Å². The maximum Gasteiger partial charge on any atom is 0.270 e. The van der Waals surface area contributed by atoms with Gasteiger partial charge in [0.2, 0.25) is 5.95 Å². The van der Waals surface area contributed by atoms with Crippen molar-refractivity contribution in [3.05, 3.63) is 47.8 Å². The number of benzene rings is 1. The van der Waals surface area contributed by atoms with E-state index in [0.29, 0.717) is 11.6 Å². The first-order valence-electron chi connectivity index (χ1n) is 8.18. The molecule has 5 heteroatoms. The standard InChI is InChI=1S/C18H22N4O/c1-13-7-9-15(10-8-13)21-18-19-12-11-16(22-18)17(23)20-14-5-3-2-4-6-14/h7-12,14H,2-6H2,1H3,(H,20,23)(H,19,21,22). The molecule has 1 aliphatic carbocycles. The highest BCUT2D eigenvalue weighted by molar-refractivity contribution is 5.92. The summed E-state index contributed by atoms with van der Waals surface area (Å²) in [6, 6.07) is 9.89. The summed E-state index contributed by atoms with van der Waals surface area (Å²) in [4.78, 5) is 20.8. The zero-order valence-corrected chi connectivity index (χ0v) is 13.4. The third-order valence-corrected chi connectivity index (χ3v) is 4.14. The van der Waals surface area contributed by atoms with Crippen LogP contribution in [0.1, 0.15) is 48.2 Å². The number of rotatable bonds is 4. The van der Waals surface area contributed by atoms with E-state index >= 15 is 0 Å². The number of hydrogen-bond acceptors (Lipinski definition) is 4. The Hall–Kier alpha value is -2.43. The van der Waals surface area contributed by atoms with Crippen LogP contribution in [-0.2, 0) is 0 Å². The molecule has 1 amide bonds. The fraction of sp³-hybridized carbons (Fsp3) is 0.389. The lowest BCUT2D eigenvalue weighted by Gasteiger charge is -2.22. The SMILES string of the molecule is Cc1ccc(Nc2nccc(C(=O)NC3CCCCC3)n2)cc1. The minimum Gasteiger partial charge on any atom is -0.348 e. The van der Waals surface area contributed by atoms with E-state index in [1.165, 1.54) is 24.8 Å². The maximum absolute atomic E-state index is 12.3. The lowest BCUT2D eigenvalue weighted by atomic mass is 9.95. The van der Waals surface area contributed by atoms with Gasteiger partial charge in [-0.05, 0) is 38.0 Å². The Labute approximate surface area is 136 Å². The van der Waals surface area contributed by atoms with Crippen molar-refractivity contribution in [2.24, 2.45) is 0 Å². The molecular formula is C18H22N4O. The average molecular weight is 310 g/mol. The second-order valence-corrected chi connectivity index (χ2v) is 6.06. The third-order valence-electron chi connectivity index (χ3n) is 4.14. The Balaban J connectivity index is 1.66. The Morgan fingerprint density at radius 1 is 1.09 bits per heavy atom. The molecule has 0 saturated heterocycles. The van der Waals surface area contributed by atoms with Crippen LogP contribution in [-0.4, -0.2) is 21.9 Å². The maximum atomic E-state index is 12.3. The molecule has 0 spiro atoms. The van der Waals surface area contributed by atoms with Gasteiger partial charge in [0.1, 0.15) is 5.69 Å². The van der Waals surface area contributed by atoms with Crippen LogP contribution in [0.3, 0.4) is 0 Å². The van der Waals surface area contributed by atoms with Gasteiger partial charge in [0.05, 0.1) is 0 Å². The summed E-state index contributed by atoms with van der Waals surface area (Å²) in [5.74, 6) is 0.316. The van der Waals surface area contributed by atoms with E-state index in [2.05, 4.69) is 20.6 Å². The Morgan fingerprint density at radius 3 is 2.57 bits per heavy atom. The molecular weight excluding hydrogens is 288 g/mol. The van der Waals surface area contributed by atoms with Crippen LogP contribution < -0.4 is 10.6 Å². The normalized spacial score (nSPS) is 15.2. The first-order valence-corrected chi connectivity index (χ1v) is 8.18. The first-order chi connectivity index (χ1) is 11.2. The fourth-order valence-corrected chi connectivity index (χ4v) is 2.82. The molecule has 0 aliphatic heterocycles. The minimum atomic E-state index is -0.119. The second kappa shape index (κ2) is 7.22. The summed E-state index contributed by atoms with van der Waals surface area (Å²) < 4.78 is 0. The lowest BCUT2D eigenvalue weighted by Crippen LogP contribution is -2.36. The molecule has 120 valence electrons. The molecule has 1 aliphatic rings.